The van der Waals surface area contributed by atoms with Crippen molar-refractivity contribution in [1.29, 1.82) is 0 Å². The first-order valence-electron chi connectivity index (χ1n) is 5.63. The summed E-state index contributed by atoms with van der Waals surface area (Å²) in [7, 11) is 5.93. The summed E-state index contributed by atoms with van der Waals surface area (Å²) < 4.78 is 2.05. The van der Waals surface area contributed by atoms with Crippen LogP contribution in [0.3, 0.4) is 0 Å². The lowest BCUT2D eigenvalue weighted by atomic mass is 10.4. The Balaban J connectivity index is 1.92. The summed E-state index contributed by atoms with van der Waals surface area (Å²) in [6.07, 6.45) is 1.86. The van der Waals surface area contributed by atoms with E-state index in [1.165, 1.54) is 11.3 Å². The van der Waals surface area contributed by atoms with Gasteiger partial charge < -0.3 is 19.8 Å². The molecular weight excluding hydrogens is 250 g/mol. The molecule has 98 valence electrons. The highest BCUT2D eigenvalue weighted by Crippen LogP contribution is 2.10. The zero-order valence-corrected chi connectivity index (χ0v) is 11.5. The number of thiazole rings is 1. The fraction of sp³-hybridized carbons (Fsp3) is 0.455. The van der Waals surface area contributed by atoms with Gasteiger partial charge in [0.15, 0.2) is 0 Å². The van der Waals surface area contributed by atoms with E-state index in [1.54, 1.807) is 0 Å². The van der Waals surface area contributed by atoms with Crippen LogP contribution < -0.4 is 15.1 Å². The monoisotopic (exact) mass is 267 g/mol. The average molecular weight is 267 g/mol. The molecule has 0 radical (unpaired) electrons. The Bertz CT molecular complexity index is 568. The van der Waals surface area contributed by atoms with Crippen molar-refractivity contribution in [3.05, 3.63) is 32.6 Å². The number of aromatic nitrogens is 3. The van der Waals surface area contributed by atoms with Crippen LogP contribution in [0.15, 0.2) is 16.4 Å². The molecule has 0 aliphatic heterocycles. The molecule has 2 N–H and O–H groups in total. The minimum absolute atomic E-state index is 0.0118. The first kappa shape index (κ1) is 12.8. The number of hydrogen-bond donors (Lipinski definition) is 2. The molecule has 0 aromatic carbocycles. The standard InChI is InChI=1S/C11H17N5OS/c1-15(2)10-13-6-9(16(10)3)5-12-4-8-7-18-11(17)14-8/h6-7,12H,4-5H2,1-3H3,(H,14,17). The van der Waals surface area contributed by atoms with E-state index in [1.807, 2.05) is 42.2 Å². The highest BCUT2D eigenvalue weighted by atomic mass is 32.1. The molecule has 0 unspecified atom stereocenters. The number of hydrogen-bond acceptors (Lipinski definition) is 5. The highest BCUT2D eigenvalue weighted by Gasteiger charge is 2.07. The second-order valence-electron chi connectivity index (χ2n) is 4.28. The molecular formula is C11H17N5OS. The Labute approximate surface area is 109 Å². The van der Waals surface area contributed by atoms with Gasteiger partial charge in [0.25, 0.3) is 0 Å². The normalized spacial score (nSPS) is 10.8. The van der Waals surface area contributed by atoms with Gasteiger partial charge in [-0.1, -0.05) is 11.3 Å². The molecule has 0 bridgehead atoms. The fourth-order valence-electron chi connectivity index (χ4n) is 1.74. The molecule has 2 heterocycles. The zero-order valence-electron chi connectivity index (χ0n) is 10.7. The molecule has 6 nitrogen and oxygen atoms in total. The van der Waals surface area contributed by atoms with E-state index in [9.17, 15) is 4.79 Å². The summed E-state index contributed by atoms with van der Waals surface area (Å²) >= 11 is 1.19. The Morgan fingerprint density at radius 1 is 1.50 bits per heavy atom. The molecule has 0 saturated heterocycles. The third-order valence-corrected chi connectivity index (χ3v) is 3.37. The third kappa shape index (κ3) is 2.80. The van der Waals surface area contributed by atoms with E-state index < -0.39 is 0 Å². The van der Waals surface area contributed by atoms with Crippen molar-refractivity contribution < 1.29 is 0 Å². The maximum absolute atomic E-state index is 11.0. The van der Waals surface area contributed by atoms with Crippen molar-refractivity contribution >= 4 is 17.3 Å². The van der Waals surface area contributed by atoms with Crippen LogP contribution in [0.25, 0.3) is 0 Å². The Morgan fingerprint density at radius 2 is 2.28 bits per heavy atom. The van der Waals surface area contributed by atoms with Crippen LogP contribution >= 0.6 is 11.3 Å². The predicted octanol–water partition coefficient (Wildman–Crippen LogP) is 0.526. The molecule has 0 fully saturated rings. The number of H-pyrrole nitrogens is 1. The van der Waals surface area contributed by atoms with Gasteiger partial charge in [-0.3, -0.25) is 4.79 Å². The number of nitrogens with one attached hydrogen (secondary N) is 2. The van der Waals surface area contributed by atoms with Gasteiger partial charge in [0, 0.05) is 45.3 Å². The Morgan fingerprint density at radius 3 is 2.83 bits per heavy atom. The molecule has 0 amide bonds. The molecule has 0 atom stereocenters. The van der Waals surface area contributed by atoms with Crippen LogP contribution in [0.2, 0.25) is 0 Å². The van der Waals surface area contributed by atoms with E-state index in [0.717, 1.165) is 23.9 Å². The summed E-state index contributed by atoms with van der Waals surface area (Å²) in [5.74, 6) is 0.927. The van der Waals surface area contributed by atoms with Gasteiger partial charge in [0.2, 0.25) is 5.95 Å². The molecule has 2 aromatic rings. The van der Waals surface area contributed by atoms with Gasteiger partial charge in [-0.2, -0.15) is 0 Å². The lowest BCUT2D eigenvalue weighted by molar-refractivity contribution is 0.646. The molecule has 0 saturated carbocycles. The molecule has 2 aromatic heterocycles. The number of nitrogens with zero attached hydrogens (tertiary/aromatic N) is 3. The number of rotatable bonds is 5. The third-order valence-electron chi connectivity index (χ3n) is 2.65. The van der Waals surface area contributed by atoms with Crippen molar-refractivity contribution in [1.82, 2.24) is 19.9 Å². The number of anilines is 1. The average Bonchev–Trinajstić information content (AvgIpc) is 2.87. The van der Waals surface area contributed by atoms with Crippen LogP contribution in [-0.2, 0) is 20.1 Å². The number of aromatic amines is 1. The van der Waals surface area contributed by atoms with Crippen molar-refractivity contribution in [2.75, 3.05) is 19.0 Å². The van der Waals surface area contributed by atoms with Crippen molar-refractivity contribution in [2.45, 2.75) is 13.1 Å². The van der Waals surface area contributed by atoms with Crippen molar-refractivity contribution in [2.24, 2.45) is 7.05 Å². The maximum atomic E-state index is 11.0. The summed E-state index contributed by atoms with van der Waals surface area (Å²) in [6.45, 7) is 1.37. The lowest BCUT2D eigenvalue weighted by Gasteiger charge is -2.12. The Hall–Kier alpha value is -1.60. The smallest absolute Gasteiger partial charge is 0.304 e. The molecule has 18 heavy (non-hydrogen) atoms. The minimum Gasteiger partial charge on any atom is -0.348 e. The van der Waals surface area contributed by atoms with E-state index in [0.29, 0.717) is 6.54 Å². The van der Waals surface area contributed by atoms with Crippen LogP contribution in [0, 0.1) is 0 Å². The molecule has 2 rings (SSSR count). The Kier molecular flexibility index (Phi) is 3.83. The van der Waals surface area contributed by atoms with Gasteiger partial charge in [0.1, 0.15) is 0 Å². The molecule has 7 heteroatoms. The molecule has 0 aliphatic rings. The largest absolute Gasteiger partial charge is 0.348 e. The van der Waals surface area contributed by atoms with E-state index >= 15 is 0 Å². The lowest BCUT2D eigenvalue weighted by Crippen LogP contribution is -2.18. The minimum atomic E-state index is -0.0118. The van der Waals surface area contributed by atoms with Gasteiger partial charge in [-0.25, -0.2) is 4.98 Å². The zero-order chi connectivity index (χ0) is 13.1. The second kappa shape index (κ2) is 5.36. The van der Waals surface area contributed by atoms with Crippen molar-refractivity contribution in [3.8, 4) is 0 Å². The van der Waals surface area contributed by atoms with E-state index in [-0.39, 0.29) is 4.87 Å². The van der Waals surface area contributed by atoms with E-state index in [4.69, 9.17) is 0 Å². The summed E-state index contributed by atoms with van der Waals surface area (Å²) in [5, 5.41) is 5.12. The van der Waals surface area contributed by atoms with Crippen LogP contribution in [0.1, 0.15) is 11.4 Å². The molecule has 0 spiro atoms. The van der Waals surface area contributed by atoms with Crippen molar-refractivity contribution in [3.63, 3.8) is 0 Å². The van der Waals surface area contributed by atoms with Crippen LogP contribution in [-0.4, -0.2) is 28.6 Å². The van der Waals surface area contributed by atoms with Gasteiger partial charge in [0.05, 0.1) is 11.9 Å². The van der Waals surface area contributed by atoms with Crippen LogP contribution in [0.5, 0.6) is 0 Å². The van der Waals surface area contributed by atoms with Gasteiger partial charge in [-0.15, -0.1) is 0 Å². The first-order chi connectivity index (χ1) is 8.58. The maximum Gasteiger partial charge on any atom is 0.304 e. The quantitative estimate of drug-likeness (QED) is 0.829. The summed E-state index contributed by atoms with van der Waals surface area (Å²) in [4.78, 5) is 20.0. The first-order valence-corrected chi connectivity index (χ1v) is 6.51. The SMILES string of the molecule is CN(C)c1ncc(CNCc2csc(=O)[nH]2)n1C. The fourth-order valence-corrected chi connectivity index (χ4v) is 2.32. The van der Waals surface area contributed by atoms with Gasteiger partial charge in [-0.05, 0) is 0 Å². The highest BCUT2D eigenvalue weighted by molar-refractivity contribution is 7.07. The second-order valence-corrected chi connectivity index (χ2v) is 5.12. The summed E-state index contributed by atoms with van der Waals surface area (Å²) in [5.41, 5.74) is 2.02. The summed E-state index contributed by atoms with van der Waals surface area (Å²) in [6, 6.07) is 0. The predicted molar refractivity (Wildman–Crippen MR) is 73.0 cm³/mol. The molecule has 0 aliphatic carbocycles. The van der Waals surface area contributed by atoms with E-state index in [2.05, 4.69) is 15.3 Å². The topological polar surface area (TPSA) is 66.0 Å². The number of imidazole rings is 1. The van der Waals surface area contributed by atoms with Gasteiger partial charge >= 0.3 is 4.87 Å². The van der Waals surface area contributed by atoms with Crippen LogP contribution in [0.4, 0.5) is 5.95 Å².